The van der Waals surface area contributed by atoms with Gasteiger partial charge < -0.3 is 10.6 Å². The van der Waals surface area contributed by atoms with Crippen LogP contribution < -0.4 is 10.6 Å². The topological polar surface area (TPSA) is 41.1 Å². The highest BCUT2D eigenvalue weighted by Gasteiger charge is 2.01. The van der Waals surface area contributed by atoms with Gasteiger partial charge in [-0.2, -0.15) is 0 Å². The Morgan fingerprint density at radius 1 is 1.46 bits per heavy atom. The van der Waals surface area contributed by atoms with Crippen LogP contribution in [-0.4, -0.2) is 26.0 Å². The van der Waals surface area contributed by atoms with Gasteiger partial charge in [-0.15, -0.1) is 0 Å². The Balaban J connectivity index is 3.60. The molecule has 3 nitrogen and oxygen atoms in total. The van der Waals surface area contributed by atoms with Crippen LogP contribution in [-0.2, 0) is 4.79 Å². The normalized spacial score (nSPS) is 9.15. The Labute approximate surface area is 79.9 Å². The van der Waals surface area contributed by atoms with Crippen molar-refractivity contribution in [2.45, 2.75) is 13.8 Å². The number of nitrogens with one attached hydrogen (secondary N) is 2. The highest BCUT2D eigenvalue weighted by Crippen LogP contribution is 1.88. The summed E-state index contributed by atoms with van der Waals surface area (Å²) in [6.07, 6.45) is 2.07. The van der Waals surface area contributed by atoms with Crippen LogP contribution in [0, 0.1) is 0 Å². The average Bonchev–Trinajstić information content (AvgIpc) is 2.10. The van der Waals surface area contributed by atoms with Crippen LogP contribution in [0.5, 0.6) is 0 Å². The number of likely N-dealkylation sites (N-methyl/N-ethyl adjacent to an activating group) is 1. The molecule has 0 heterocycles. The smallest absolute Gasteiger partial charge is 0.247 e. The van der Waals surface area contributed by atoms with Crippen LogP contribution in [0.15, 0.2) is 23.8 Å². The fourth-order valence-electron chi connectivity index (χ4n) is 0.756. The SMILES string of the molecule is C=C(CNCC=C(C)C)C(=O)NC. The maximum Gasteiger partial charge on any atom is 0.247 e. The summed E-state index contributed by atoms with van der Waals surface area (Å²) in [5.41, 5.74) is 1.82. The van der Waals surface area contributed by atoms with Crippen molar-refractivity contribution in [1.82, 2.24) is 10.6 Å². The summed E-state index contributed by atoms with van der Waals surface area (Å²) in [6.45, 7) is 9.03. The molecule has 0 aliphatic carbocycles. The lowest BCUT2D eigenvalue weighted by Crippen LogP contribution is -2.27. The number of amides is 1. The van der Waals surface area contributed by atoms with Crippen molar-refractivity contribution in [2.75, 3.05) is 20.1 Å². The van der Waals surface area contributed by atoms with Crippen LogP contribution in [0.3, 0.4) is 0 Å². The molecule has 0 aromatic rings. The molecule has 0 radical (unpaired) electrons. The number of hydrogen-bond acceptors (Lipinski definition) is 2. The van der Waals surface area contributed by atoms with E-state index in [9.17, 15) is 4.79 Å². The van der Waals surface area contributed by atoms with E-state index in [1.807, 2.05) is 13.8 Å². The summed E-state index contributed by atoms with van der Waals surface area (Å²) in [4.78, 5) is 11.0. The minimum Gasteiger partial charge on any atom is -0.355 e. The lowest BCUT2D eigenvalue weighted by molar-refractivity contribution is -0.117. The monoisotopic (exact) mass is 182 g/mol. The van der Waals surface area contributed by atoms with E-state index in [2.05, 4.69) is 23.3 Å². The number of rotatable bonds is 5. The minimum absolute atomic E-state index is 0.107. The predicted octanol–water partition coefficient (Wildman–Crippen LogP) is 0.844. The maximum atomic E-state index is 11.0. The number of carbonyl (C=O) groups excluding carboxylic acids is 1. The summed E-state index contributed by atoms with van der Waals surface area (Å²) in [5.74, 6) is -0.107. The van der Waals surface area contributed by atoms with E-state index in [-0.39, 0.29) is 5.91 Å². The van der Waals surface area contributed by atoms with Crippen molar-refractivity contribution in [3.63, 3.8) is 0 Å². The van der Waals surface area contributed by atoms with Crippen molar-refractivity contribution in [3.05, 3.63) is 23.8 Å². The predicted molar refractivity (Wildman–Crippen MR) is 55.5 cm³/mol. The van der Waals surface area contributed by atoms with Crippen LogP contribution in [0.25, 0.3) is 0 Å². The Morgan fingerprint density at radius 3 is 2.54 bits per heavy atom. The van der Waals surface area contributed by atoms with E-state index in [1.54, 1.807) is 7.05 Å². The Hall–Kier alpha value is -1.09. The van der Waals surface area contributed by atoms with Crippen LogP contribution in [0.1, 0.15) is 13.8 Å². The molecule has 0 saturated heterocycles. The van der Waals surface area contributed by atoms with Crippen molar-refractivity contribution in [3.8, 4) is 0 Å². The fourth-order valence-corrected chi connectivity index (χ4v) is 0.756. The van der Waals surface area contributed by atoms with Crippen molar-refractivity contribution >= 4 is 5.91 Å². The zero-order chi connectivity index (χ0) is 10.3. The highest BCUT2D eigenvalue weighted by molar-refractivity contribution is 5.92. The standard InChI is InChI=1S/C10H18N2O/c1-8(2)5-6-12-7-9(3)10(13)11-4/h5,12H,3,6-7H2,1-2,4H3,(H,11,13). The van der Waals surface area contributed by atoms with Crippen molar-refractivity contribution in [1.29, 1.82) is 0 Å². The summed E-state index contributed by atoms with van der Waals surface area (Å²) in [5, 5.41) is 5.62. The van der Waals surface area contributed by atoms with E-state index in [0.29, 0.717) is 12.1 Å². The second-order valence-corrected chi connectivity index (χ2v) is 3.10. The number of carbonyl (C=O) groups is 1. The van der Waals surface area contributed by atoms with Gasteiger partial charge in [0.25, 0.3) is 0 Å². The average molecular weight is 182 g/mol. The first-order valence-electron chi connectivity index (χ1n) is 4.32. The summed E-state index contributed by atoms with van der Waals surface area (Å²) in [7, 11) is 1.60. The molecule has 0 bridgehead atoms. The summed E-state index contributed by atoms with van der Waals surface area (Å²) < 4.78 is 0. The molecule has 0 spiro atoms. The van der Waals surface area contributed by atoms with E-state index in [0.717, 1.165) is 6.54 Å². The molecule has 0 aliphatic heterocycles. The lowest BCUT2D eigenvalue weighted by Gasteiger charge is -2.04. The zero-order valence-corrected chi connectivity index (χ0v) is 8.61. The maximum absolute atomic E-state index is 11.0. The molecule has 0 saturated carbocycles. The Morgan fingerprint density at radius 2 is 2.08 bits per heavy atom. The molecular formula is C10H18N2O. The number of hydrogen-bond donors (Lipinski definition) is 2. The van der Waals surface area contributed by atoms with Gasteiger partial charge in [0.15, 0.2) is 0 Å². The summed E-state index contributed by atoms with van der Waals surface area (Å²) in [6, 6.07) is 0. The van der Waals surface area contributed by atoms with Gasteiger partial charge >= 0.3 is 0 Å². The quantitative estimate of drug-likeness (QED) is 0.376. The van der Waals surface area contributed by atoms with E-state index in [4.69, 9.17) is 0 Å². The highest BCUT2D eigenvalue weighted by atomic mass is 16.1. The molecule has 0 atom stereocenters. The first-order chi connectivity index (χ1) is 6.07. The van der Waals surface area contributed by atoms with Gasteiger partial charge in [-0.05, 0) is 13.8 Å². The molecule has 0 rings (SSSR count). The molecule has 0 fully saturated rings. The van der Waals surface area contributed by atoms with E-state index >= 15 is 0 Å². The molecular weight excluding hydrogens is 164 g/mol. The molecule has 1 amide bonds. The molecule has 13 heavy (non-hydrogen) atoms. The first kappa shape index (κ1) is 11.9. The van der Waals surface area contributed by atoms with Gasteiger partial charge in [0.05, 0.1) is 0 Å². The van der Waals surface area contributed by atoms with Gasteiger partial charge in [-0.25, -0.2) is 0 Å². The van der Waals surface area contributed by atoms with E-state index in [1.165, 1.54) is 5.57 Å². The third-order valence-electron chi connectivity index (χ3n) is 1.54. The molecule has 0 aromatic carbocycles. The largest absolute Gasteiger partial charge is 0.355 e. The molecule has 0 aliphatic rings. The lowest BCUT2D eigenvalue weighted by atomic mass is 10.2. The van der Waals surface area contributed by atoms with Crippen molar-refractivity contribution in [2.24, 2.45) is 0 Å². The van der Waals surface area contributed by atoms with Crippen LogP contribution in [0.4, 0.5) is 0 Å². The fraction of sp³-hybridized carbons (Fsp3) is 0.500. The second kappa shape index (κ2) is 6.43. The second-order valence-electron chi connectivity index (χ2n) is 3.10. The Bertz CT molecular complexity index is 215. The van der Waals surface area contributed by atoms with Gasteiger partial charge in [0.1, 0.15) is 0 Å². The summed E-state index contributed by atoms with van der Waals surface area (Å²) >= 11 is 0. The number of allylic oxidation sites excluding steroid dienone is 1. The van der Waals surface area contributed by atoms with Gasteiger partial charge in [-0.1, -0.05) is 18.2 Å². The molecule has 3 heteroatoms. The van der Waals surface area contributed by atoms with Gasteiger partial charge in [0, 0.05) is 25.7 Å². The third kappa shape index (κ3) is 6.11. The Kier molecular flexibility index (Phi) is 5.89. The molecule has 0 aromatic heterocycles. The third-order valence-corrected chi connectivity index (χ3v) is 1.54. The van der Waals surface area contributed by atoms with Crippen LogP contribution >= 0.6 is 0 Å². The van der Waals surface area contributed by atoms with Crippen molar-refractivity contribution < 1.29 is 4.79 Å². The first-order valence-corrected chi connectivity index (χ1v) is 4.32. The van der Waals surface area contributed by atoms with Gasteiger partial charge in [-0.3, -0.25) is 4.79 Å². The zero-order valence-electron chi connectivity index (χ0n) is 8.61. The minimum atomic E-state index is -0.107. The molecule has 0 unspecified atom stereocenters. The van der Waals surface area contributed by atoms with Gasteiger partial charge in [0.2, 0.25) is 5.91 Å². The van der Waals surface area contributed by atoms with E-state index < -0.39 is 0 Å². The molecule has 2 N–H and O–H groups in total. The van der Waals surface area contributed by atoms with Crippen LogP contribution in [0.2, 0.25) is 0 Å². The molecule has 74 valence electrons.